The molecule has 0 amide bonds. The summed E-state index contributed by atoms with van der Waals surface area (Å²) in [6.45, 7) is 0. The maximum atomic E-state index is 2.50. The van der Waals surface area contributed by atoms with E-state index in [0.717, 1.165) is 17.1 Å². The summed E-state index contributed by atoms with van der Waals surface area (Å²) in [6.07, 6.45) is 0. The average Bonchev–Trinajstić information content (AvgIpc) is 4.01. The molecule has 1 heterocycles. The Hall–Kier alpha value is -8.72. The first-order chi connectivity index (χ1) is 33.3. The number of nitrogens with zero attached hydrogens (tertiary/aromatic N) is 2. The maximum Gasteiger partial charge on any atom is 0.0746 e. The largest absolute Gasteiger partial charge is 0.310 e. The van der Waals surface area contributed by atoms with Crippen molar-refractivity contribution in [2.75, 3.05) is 4.90 Å². The molecule has 14 rings (SSSR count). The molecule has 0 saturated heterocycles. The molecular weight excluding hydrogens is 809 g/mol. The van der Waals surface area contributed by atoms with Crippen LogP contribution in [0.5, 0.6) is 0 Å². The number of para-hydroxylation sites is 2. The van der Waals surface area contributed by atoms with Crippen molar-refractivity contribution in [3.8, 4) is 50.2 Å². The highest BCUT2D eigenvalue weighted by Gasteiger charge is 2.53. The van der Waals surface area contributed by atoms with E-state index in [1.54, 1.807) is 0 Å². The average molecular weight is 851 g/mol. The van der Waals surface area contributed by atoms with Crippen LogP contribution in [0.15, 0.2) is 255 Å². The maximum absolute atomic E-state index is 2.50. The lowest BCUT2D eigenvalue weighted by Crippen LogP contribution is -2.28. The van der Waals surface area contributed by atoms with Gasteiger partial charge in [-0.1, -0.05) is 200 Å². The van der Waals surface area contributed by atoms with Crippen LogP contribution in [0.3, 0.4) is 0 Å². The molecule has 2 aliphatic carbocycles. The lowest BCUT2D eigenvalue weighted by atomic mass is 9.70. The van der Waals surface area contributed by atoms with Gasteiger partial charge < -0.3 is 9.47 Å². The van der Waals surface area contributed by atoms with E-state index >= 15 is 0 Å². The first-order valence-electron chi connectivity index (χ1n) is 23.3. The quantitative estimate of drug-likeness (QED) is 0.162. The zero-order valence-corrected chi connectivity index (χ0v) is 36.6. The zero-order chi connectivity index (χ0) is 44.1. The number of hydrogen-bond acceptors (Lipinski definition) is 1. The Morgan fingerprint density at radius 3 is 1.31 bits per heavy atom. The molecule has 2 nitrogen and oxygen atoms in total. The van der Waals surface area contributed by atoms with Crippen molar-refractivity contribution in [2.24, 2.45) is 0 Å². The van der Waals surface area contributed by atoms with E-state index in [1.807, 2.05) is 0 Å². The minimum absolute atomic E-state index is 0.505. The first-order valence-corrected chi connectivity index (χ1v) is 23.3. The third-order valence-electron chi connectivity index (χ3n) is 14.6. The molecule has 1 aromatic heterocycles. The van der Waals surface area contributed by atoms with Gasteiger partial charge in [-0.15, -0.1) is 0 Å². The van der Waals surface area contributed by atoms with Gasteiger partial charge in [0.05, 0.1) is 22.1 Å². The van der Waals surface area contributed by atoms with Crippen LogP contribution in [-0.2, 0) is 5.41 Å². The fourth-order valence-corrected chi connectivity index (χ4v) is 11.8. The molecule has 0 N–H and O–H groups in total. The highest BCUT2D eigenvalue weighted by atomic mass is 15.1. The number of hydrogen-bond donors (Lipinski definition) is 0. The lowest BCUT2D eigenvalue weighted by Gasteiger charge is -2.36. The predicted molar refractivity (Wildman–Crippen MR) is 280 cm³/mol. The molecule has 312 valence electrons. The Kier molecular flexibility index (Phi) is 8.23. The van der Waals surface area contributed by atoms with E-state index in [1.165, 1.54) is 105 Å². The molecule has 2 heteroatoms. The van der Waals surface area contributed by atoms with Gasteiger partial charge in [-0.2, -0.15) is 0 Å². The summed E-state index contributed by atoms with van der Waals surface area (Å²) in [5.74, 6) is 0. The van der Waals surface area contributed by atoms with E-state index in [4.69, 9.17) is 0 Å². The van der Waals surface area contributed by atoms with Crippen molar-refractivity contribution >= 4 is 49.6 Å². The van der Waals surface area contributed by atoms with Crippen molar-refractivity contribution in [3.05, 3.63) is 277 Å². The molecule has 11 aromatic carbocycles. The highest BCUT2D eigenvalue weighted by Crippen LogP contribution is 2.65. The molecule has 0 aliphatic heterocycles. The second-order valence-corrected chi connectivity index (χ2v) is 18.0. The van der Waals surface area contributed by atoms with E-state index in [0.29, 0.717) is 0 Å². The summed E-state index contributed by atoms with van der Waals surface area (Å²) in [4.78, 5) is 2.50. The van der Waals surface area contributed by atoms with Gasteiger partial charge in [0, 0.05) is 33.4 Å². The topological polar surface area (TPSA) is 8.17 Å². The number of rotatable bonds is 6. The summed E-state index contributed by atoms with van der Waals surface area (Å²) in [5.41, 5.74) is 21.7. The molecule has 0 atom stereocenters. The van der Waals surface area contributed by atoms with Gasteiger partial charge in [0.1, 0.15) is 0 Å². The smallest absolute Gasteiger partial charge is 0.0746 e. The SMILES string of the molecule is c1ccc2c(c1)-c1ccccc1C21c2ccccc2-c2cccc(N(c3ccc(-c4ccc(-n5c6ccccc6c6ccccc65)cc4)cc3)c3ccc(-c4cccc5ccccc45)cc3)c21. The zero-order valence-electron chi connectivity index (χ0n) is 36.6. The summed E-state index contributed by atoms with van der Waals surface area (Å²) in [5, 5.41) is 5.04. The Morgan fingerprint density at radius 2 is 0.716 bits per heavy atom. The van der Waals surface area contributed by atoms with E-state index in [-0.39, 0.29) is 0 Å². The molecule has 0 saturated carbocycles. The predicted octanol–water partition coefficient (Wildman–Crippen LogP) is 17.1. The molecule has 67 heavy (non-hydrogen) atoms. The molecule has 0 bridgehead atoms. The van der Waals surface area contributed by atoms with Crippen LogP contribution in [0.2, 0.25) is 0 Å². The van der Waals surface area contributed by atoms with Crippen LogP contribution >= 0.6 is 0 Å². The van der Waals surface area contributed by atoms with E-state index < -0.39 is 5.41 Å². The van der Waals surface area contributed by atoms with Crippen LogP contribution < -0.4 is 4.90 Å². The Bertz CT molecular complexity index is 3790. The fraction of sp³-hybridized carbons (Fsp3) is 0.0154. The van der Waals surface area contributed by atoms with Gasteiger partial charge in [-0.05, 0) is 127 Å². The summed E-state index contributed by atoms with van der Waals surface area (Å²) >= 11 is 0. The van der Waals surface area contributed by atoms with Gasteiger partial charge in [0.25, 0.3) is 0 Å². The van der Waals surface area contributed by atoms with Crippen molar-refractivity contribution in [3.63, 3.8) is 0 Å². The van der Waals surface area contributed by atoms with Gasteiger partial charge in [0.15, 0.2) is 0 Å². The monoisotopic (exact) mass is 850 g/mol. The standard InChI is InChI=1S/C65H42N2/c1-2-17-50-45(15-1)16-13-23-51(50)46-35-41-48(42-36-46)66(47-37-31-43(32-38-47)44-33-39-49(40-34-44)67-61-28-11-6-21-55(61)56-22-7-12-29-62(56)67)63-30-14-24-57-54-20-5-10-27-60(54)65(64(57)63)58-25-8-3-18-52(58)53-19-4-9-26-59(53)65/h1-42H. The molecule has 0 unspecified atom stereocenters. The second-order valence-electron chi connectivity index (χ2n) is 18.0. The number of aromatic nitrogens is 1. The van der Waals surface area contributed by atoms with Crippen LogP contribution in [0.25, 0.3) is 82.8 Å². The summed E-state index contributed by atoms with van der Waals surface area (Å²) in [6, 6.07) is 94.3. The van der Waals surface area contributed by atoms with Gasteiger partial charge in [-0.3, -0.25) is 0 Å². The second kappa shape index (κ2) is 14.7. The summed E-state index contributed by atoms with van der Waals surface area (Å²) < 4.78 is 2.38. The Morgan fingerprint density at radius 1 is 0.299 bits per heavy atom. The van der Waals surface area contributed by atoms with Crippen molar-refractivity contribution in [2.45, 2.75) is 5.41 Å². The van der Waals surface area contributed by atoms with E-state index in [9.17, 15) is 0 Å². The molecule has 0 radical (unpaired) electrons. The van der Waals surface area contributed by atoms with E-state index in [2.05, 4.69) is 264 Å². The van der Waals surface area contributed by atoms with Gasteiger partial charge in [0.2, 0.25) is 0 Å². The normalized spacial score (nSPS) is 12.9. The minimum atomic E-state index is -0.505. The molecule has 2 aliphatic rings. The number of fused-ring (bicyclic) bond motifs is 14. The van der Waals surface area contributed by atoms with Gasteiger partial charge in [-0.25, -0.2) is 0 Å². The van der Waals surface area contributed by atoms with Crippen LogP contribution in [0.4, 0.5) is 17.1 Å². The minimum Gasteiger partial charge on any atom is -0.310 e. The third-order valence-corrected chi connectivity index (χ3v) is 14.6. The third kappa shape index (κ3) is 5.45. The number of benzene rings is 11. The first kappa shape index (κ1) is 37.6. The molecule has 12 aromatic rings. The lowest BCUT2D eigenvalue weighted by molar-refractivity contribution is 0.793. The van der Waals surface area contributed by atoms with Crippen LogP contribution in [0.1, 0.15) is 22.3 Å². The summed E-state index contributed by atoms with van der Waals surface area (Å²) in [7, 11) is 0. The fourth-order valence-electron chi connectivity index (χ4n) is 11.8. The highest BCUT2D eigenvalue weighted by molar-refractivity contribution is 6.09. The molecule has 1 spiro atoms. The Labute approximate surface area is 389 Å². The Balaban J connectivity index is 0.936. The van der Waals surface area contributed by atoms with Crippen molar-refractivity contribution in [1.29, 1.82) is 0 Å². The van der Waals surface area contributed by atoms with Crippen LogP contribution in [0, 0.1) is 0 Å². The molecular formula is C65H42N2. The van der Waals surface area contributed by atoms with Crippen LogP contribution in [-0.4, -0.2) is 4.57 Å². The van der Waals surface area contributed by atoms with Gasteiger partial charge >= 0.3 is 0 Å². The molecule has 0 fully saturated rings. The number of anilines is 3. The van der Waals surface area contributed by atoms with Crippen molar-refractivity contribution in [1.82, 2.24) is 4.57 Å². The van der Waals surface area contributed by atoms with Crippen molar-refractivity contribution < 1.29 is 0 Å².